The Morgan fingerprint density at radius 1 is 1.14 bits per heavy atom. The molecule has 1 N–H and O–H groups in total. The van der Waals surface area contributed by atoms with Gasteiger partial charge < -0.3 is 4.90 Å². The summed E-state index contributed by atoms with van der Waals surface area (Å²) in [6.07, 6.45) is 0. The maximum absolute atomic E-state index is 10.7. The van der Waals surface area contributed by atoms with Crippen molar-refractivity contribution in [1.29, 1.82) is 0 Å². The van der Waals surface area contributed by atoms with Gasteiger partial charge in [-0.2, -0.15) is 8.42 Å². The third-order valence-electron chi connectivity index (χ3n) is 1.65. The molecule has 0 aromatic heterocycles. The van der Waals surface area contributed by atoms with E-state index in [9.17, 15) is 8.42 Å². The molecule has 0 fully saturated rings. The molecule has 6 heteroatoms. The quantitative estimate of drug-likeness (QED) is 0.583. The van der Waals surface area contributed by atoms with E-state index < -0.39 is 10.1 Å². The minimum absolute atomic E-state index is 0. The van der Waals surface area contributed by atoms with E-state index in [1.54, 1.807) is 12.1 Å². The topological polar surface area (TPSA) is 57.6 Å². The second-order valence-corrected chi connectivity index (χ2v) is 4.28. The third-order valence-corrected chi connectivity index (χ3v) is 2.52. The molecule has 0 saturated carbocycles. The van der Waals surface area contributed by atoms with Gasteiger partial charge in [0.15, 0.2) is 0 Å². The van der Waals surface area contributed by atoms with Crippen LogP contribution in [0.5, 0.6) is 0 Å². The molecule has 1 rings (SSSR count). The summed E-state index contributed by atoms with van der Waals surface area (Å²) in [5.74, 6) is 0. The molecule has 0 unspecified atom stereocenters. The van der Waals surface area contributed by atoms with Crippen molar-refractivity contribution in [2.45, 2.75) is 4.90 Å². The summed E-state index contributed by atoms with van der Waals surface area (Å²) in [5, 5.41) is 0. The van der Waals surface area contributed by atoms with E-state index in [2.05, 4.69) is 0 Å². The van der Waals surface area contributed by atoms with Crippen molar-refractivity contribution >= 4 is 45.4 Å². The van der Waals surface area contributed by atoms with Crippen LogP contribution in [0.3, 0.4) is 0 Å². The molecule has 4 nitrogen and oxygen atoms in total. The van der Waals surface area contributed by atoms with Crippen LogP contribution in [-0.4, -0.2) is 56.6 Å². The Kier molecular flexibility index (Phi) is 5.11. The van der Waals surface area contributed by atoms with Crippen LogP contribution in [0, 0.1) is 0 Å². The van der Waals surface area contributed by atoms with E-state index in [4.69, 9.17) is 4.55 Å². The van der Waals surface area contributed by atoms with Crippen molar-refractivity contribution in [2.24, 2.45) is 0 Å². The van der Waals surface area contributed by atoms with Gasteiger partial charge in [-0.15, -0.1) is 0 Å². The number of rotatable bonds is 2. The average Bonchev–Trinajstić information content (AvgIpc) is 2.03. The van der Waals surface area contributed by atoms with Crippen LogP contribution in [0.15, 0.2) is 29.2 Å². The molecule has 0 aliphatic rings. The molecule has 0 radical (unpaired) electrons. The van der Waals surface area contributed by atoms with Crippen LogP contribution in [0.25, 0.3) is 0 Å². The normalized spacial score (nSPS) is 10.5. The number of nitrogens with zero attached hydrogens (tertiary/aromatic N) is 1. The SMILES string of the molecule is CN(C)c1ccc(S(=O)(=O)O)cc1.[NaH]. The second kappa shape index (κ2) is 5.14. The molecular formula is C8H12NNaO3S. The summed E-state index contributed by atoms with van der Waals surface area (Å²) in [6, 6.07) is 5.99. The Hall–Kier alpha value is -0.0700. The van der Waals surface area contributed by atoms with E-state index >= 15 is 0 Å². The van der Waals surface area contributed by atoms with E-state index in [1.165, 1.54) is 12.1 Å². The van der Waals surface area contributed by atoms with Crippen LogP contribution >= 0.6 is 0 Å². The van der Waals surface area contributed by atoms with Crippen LogP contribution in [0.2, 0.25) is 0 Å². The van der Waals surface area contributed by atoms with E-state index in [0.717, 1.165) is 5.69 Å². The van der Waals surface area contributed by atoms with Gasteiger partial charge in [0.25, 0.3) is 10.1 Å². The maximum atomic E-state index is 10.7. The molecule has 74 valence electrons. The number of benzene rings is 1. The zero-order chi connectivity index (χ0) is 10.1. The molecule has 0 aliphatic carbocycles. The second-order valence-electron chi connectivity index (χ2n) is 2.86. The van der Waals surface area contributed by atoms with Gasteiger partial charge in [-0.25, -0.2) is 0 Å². The Morgan fingerprint density at radius 2 is 1.57 bits per heavy atom. The average molecular weight is 225 g/mol. The van der Waals surface area contributed by atoms with Gasteiger partial charge in [-0.05, 0) is 24.3 Å². The summed E-state index contributed by atoms with van der Waals surface area (Å²) >= 11 is 0. The van der Waals surface area contributed by atoms with E-state index in [-0.39, 0.29) is 34.5 Å². The van der Waals surface area contributed by atoms with Crippen LogP contribution in [0.4, 0.5) is 5.69 Å². The fourth-order valence-corrected chi connectivity index (χ4v) is 1.40. The summed E-state index contributed by atoms with van der Waals surface area (Å²) in [6.45, 7) is 0. The first-order chi connectivity index (χ1) is 5.91. The molecule has 0 spiro atoms. The number of anilines is 1. The Morgan fingerprint density at radius 3 is 1.86 bits per heavy atom. The van der Waals surface area contributed by atoms with Gasteiger partial charge in [-0.1, -0.05) is 0 Å². The number of hydrogen-bond acceptors (Lipinski definition) is 3. The molecule has 0 atom stereocenters. The minimum atomic E-state index is -4.06. The molecule has 1 aromatic rings. The summed E-state index contributed by atoms with van der Waals surface area (Å²) in [4.78, 5) is 1.76. The van der Waals surface area contributed by atoms with Crippen molar-refractivity contribution in [1.82, 2.24) is 0 Å². The fraction of sp³-hybridized carbons (Fsp3) is 0.250. The van der Waals surface area contributed by atoms with Crippen molar-refractivity contribution in [3.05, 3.63) is 24.3 Å². The summed E-state index contributed by atoms with van der Waals surface area (Å²) in [5.41, 5.74) is 0.882. The third kappa shape index (κ3) is 3.59. The first-order valence-corrected chi connectivity index (χ1v) is 5.10. The van der Waals surface area contributed by atoms with Crippen molar-refractivity contribution in [3.8, 4) is 0 Å². The molecule has 14 heavy (non-hydrogen) atoms. The van der Waals surface area contributed by atoms with Gasteiger partial charge in [0, 0.05) is 19.8 Å². The predicted molar refractivity (Wildman–Crippen MR) is 57.7 cm³/mol. The van der Waals surface area contributed by atoms with Crippen molar-refractivity contribution in [3.63, 3.8) is 0 Å². The molecule has 0 aliphatic heterocycles. The molecule has 0 amide bonds. The van der Waals surface area contributed by atoms with Gasteiger partial charge in [0.1, 0.15) is 0 Å². The van der Waals surface area contributed by atoms with Gasteiger partial charge >= 0.3 is 29.6 Å². The molecule has 0 heterocycles. The first-order valence-electron chi connectivity index (χ1n) is 3.66. The van der Waals surface area contributed by atoms with E-state index in [1.807, 2.05) is 19.0 Å². The first kappa shape index (κ1) is 13.9. The van der Waals surface area contributed by atoms with Gasteiger partial charge in [0.2, 0.25) is 0 Å². The van der Waals surface area contributed by atoms with E-state index in [0.29, 0.717) is 0 Å². The fourth-order valence-electron chi connectivity index (χ4n) is 0.916. The standard InChI is InChI=1S/C8H11NO3S.Na.H/c1-9(2)7-3-5-8(6-4-7)13(10,11)12;;/h3-6H,1-2H3,(H,10,11,12);;. The van der Waals surface area contributed by atoms with Crippen molar-refractivity contribution < 1.29 is 13.0 Å². The summed E-state index contributed by atoms with van der Waals surface area (Å²) in [7, 11) is -0.364. The summed E-state index contributed by atoms with van der Waals surface area (Å²) < 4.78 is 30.0. The van der Waals surface area contributed by atoms with Crippen LogP contribution < -0.4 is 4.90 Å². The monoisotopic (exact) mass is 225 g/mol. The van der Waals surface area contributed by atoms with Crippen LogP contribution in [0.1, 0.15) is 0 Å². The van der Waals surface area contributed by atoms with Crippen LogP contribution in [-0.2, 0) is 10.1 Å². The van der Waals surface area contributed by atoms with Gasteiger partial charge in [-0.3, -0.25) is 4.55 Å². The molecule has 0 bridgehead atoms. The molecular weight excluding hydrogens is 213 g/mol. The van der Waals surface area contributed by atoms with Crippen molar-refractivity contribution in [2.75, 3.05) is 19.0 Å². The number of hydrogen-bond donors (Lipinski definition) is 1. The Bertz CT molecular complexity index is 386. The Labute approximate surface area is 106 Å². The molecule has 0 saturated heterocycles. The van der Waals surface area contributed by atoms with Gasteiger partial charge in [0.05, 0.1) is 4.90 Å². The predicted octanol–water partition coefficient (Wildman–Crippen LogP) is 0.351. The zero-order valence-corrected chi connectivity index (χ0v) is 8.25. The molecule has 1 aromatic carbocycles. The zero-order valence-electron chi connectivity index (χ0n) is 7.43. The Balaban J connectivity index is 0.00000169.